The Kier molecular flexibility index (Phi) is 13.2. The van der Waals surface area contributed by atoms with Crippen LogP contribution in [-0.2, 0) is 4.74 Å². The first-order valence-electron chi connectivity index (χ1n) is 15.8. The van der Waals surface area contributed by atoms with Crippen LogP contribution in [0, 0.1) is 0 Å². The number of benzene rings is 1. The normalized spacial score (nSPS) is 22.2. The van der Waals surface area contributed by atoms with E-state index >= 15 is 0 Å². The van der Waals surface area contributed by atoms with Crippen LogP contribution in [0.2, 0.25) is 5.02 Å². The Balaban J connectivity index is 0.00000207. The lowest BCUT2D eigenvalue weighted by Gasteiger charge is -2.43. The fourth-order valence-corrected chi connectivity index (χ4v) is 7.01. The molecule has 0 spiro atoms. The zero-order chi connectivity index (χ0) is 30.8. The van der Waals surface area contributed by atoms with Crippen molar-refractivity contribution < 1.29 is 14.3 Å². The molecule has 3 saturated heterocycles. The summed E-state index contributed by atoms with van der Waals surface area (Å²) >= 11 is 7.88. The van der Waals surface area contributed by atoms with Gasteiger partial charge in [-0.25, -0.2) is 9.97 Å². The number of anilines is 1. The number of piperidine rings is 2. The Morgan fingerprint density at radius 1 is 1.07 bits per heavy atom. The van der Waals surface area contributed by atoms with Gasteiger partial charge in [-0.3, -0.25) is 9.10 Å². The molecule has 238 valence electrons. The average molecular weight is 633 g/mol. The van der Waals surface area contributed by atoms with Gasteiger partial charge in [0.2, 0.25) is 0 Å². The second-order valence-corrected chi connectivity index (χ2v) is 12.6. The number of methoxy groups -OCH3 is 1. The highest BCUT2D eigenvalue weighted by Gasteiger charge is 2.33. The molecule has 1 amide bonds. The molecule has 9 nitrogen and oxygen atoms in total. The van der Waals surface area contributed by atoms with Crippen LogP contribution in [0.15, 0.2) is 30.6 Å². The number of ether oxygens (including phenoxy) is 2. The van der Waals surface area contributed by atoms with Crippen LogP contribution in [0.1, 0.15) is 80.9 Å². The second kappa shape index (κ2) is 16.8. The van der Waals surface area contributed by atoms with Crippen molar-refractivity contribution >= 4 is 35.3 Å². The first-order valence-corrected chi connectivity index (χ1v) is 17.4. The molecular weight excluding hydrogens is 584 g/mol. The van der Waals surface area contributed by atoms with E-state index in [4.69, 9.17) is 21.1 Å². The maximum Gasteiger partial charge on any atom is 0.276 e. The summed E-state index contributed by atoms with van der Waals surface area (Å²) < 4.78 is 14.5. The lowest BCUT2D eigenvalue weighted by molar-refractivity contribution is -0.0442. The SMILES string of the molecule is CC.COc1c(NC[C@H]2CCC[C@@H](c3ccc(Cl)cc3)O2)ncnc1C(=O)N1CCC(N2CCC(N(C)SC)CC2)CC1. The van der Waals surface area contributed by atoms with Crippen LogP contribution >= 0.6 is 23.5 Å². The predicted molar refractivity (Wildman–Crippen MR) is 176 cm³/mol. The van der Waals surface area contributed by atoms with Crippen LogP contribution in [0.5, 0.6) is 5.75 Å². The Morgan fingerprint density at radius 3 is 2.42 bits per heavy atom. The molecule has 5 rings (SSSR count). The van der Waals surface area contributed by atoms with Gasteiger partial charge in [0, 0.05) is 36.7 Å². The van der Waals surface area contributed by atoms with E-state index in [2.05, 4.69) is 37.8 Å². The van der Waals surface area contributed by atoms with Crippen molar-refractivity contribution in [3.63, 3.8) is 0 Å². The number of carbonyl (C=O) groups excluding carboxylic acids is 1. The van der Waals surface area contributed by atoms with Crippen molar-refractivity contribution in [1.82, 2.24) is 24.1 Å². The molecule has 1 N–H and O–H groups in total. The topological polar surface area (TPSA) is 83.1 Å². The van der Waals surface area contributed by atoms with Crippen LogP contribution in [0.4, 0.5) is 5.82 Å². The van der Waals surface area contributed by atoms with Gasteiger partial charge >= 0.3 is 0 Å². The van der Waals surface area contributed by atoms with Gasteiger partial charge in [-0.2, -0.15) is 0 Å². The first kappa shape index (κ1) is 33.8. The highest BCUT2D eigenvalue weighted by molar-refractivity contribution is 7.96. The maximum atomic E-state index is 13.6. The second-order valence-electron chi connectivity index (χ2n) is 11.2. The molecule has 3 fully saturated rings. The Labute approximate surface area is 267 Å². The number of halogens is 1. The van der Waals surface area contributed by atoms with Gasteiger partial charge in [0.05, 0.1) is 19.3 Å². The van der Waals surface area contributed by atoms with Crippen molar-refractivity contribution in [2.75, 3.05) is 58.5 Å². The van der Waals surface area contributed by atoms with Crippen molar-refractivity contribution in [1.29, 1.82) is 0 Å². The van der Waals surface area contributed by atoms with Gasteiger partial charge in [0.15, 0.2) is 17.3 Å². The first-order chi connectivity index (χ1) is 21.0. The minimum absolute atomic E-state index is 0.0217. The molecule has 2 atom stereocenters. The third kappa shape index (κ3) is 8.75. The number of nitrogens with one attached hydrogen (secondary N) is 1. The summed E-state index contributed by atoms with van der Waals surface area (Å²) in [5, 5.41) is 4.10. The molecule has 0 radical (unpaired) electrons. The molecule has 3 aliphatic rings. The Morgan fingerprint density at radius 2 is 1.77 bits per heavy atom. The van der Waals surface area contributed by atoms with Crippen LogP contribution in [0.25, 0.3) is 0 Å². The molecule has 0 aliphatic carbocycles. The summed E-state index contributed by atoms with van der Waals surface area (Å²) in [4.78, 5) is 26.9. The van der Waals surface area contributed by atoms with Gasteiger partial charge in [0.1, 0.15) is 6.33 Å². The highest BCUT2D eigenvalue weighted by atomic mass is 35.5. The minimum atomic E-state index is -0.0947. The molecule has 11 heteroatoms. The summed E-state index contributed by atoms with van der Waals surface area (Å²) in [6.45, 7) is 8.29. The minimum Gasteiger partial charge on any atom is -0.491 e. The summed E-state index contributed by atoms with van der Waals surface area (Å²) in [7, 11) is 3.76. The van der Waals surface area contributed by atoms with Crippen LogP contribution in [-0.4, -0.2) is 101 Å². The zero-order valence-corrected chi connectivity index (χ0v) is 28.0. The monoisotopic (exact) mass is 632 g/mol. The van der Waals surface area contributed by atoms with Crippen molar-refractivity contribution in [3.05, 3.63) is 46.9 Å². The quantitative estimate of drug-likeness (QED) is 0.327. The Hall–Kier alpha value is -2.11. The van der Waals surface area contributed by atoms with Crippen LogP contribution in [0.3, 0.4) is 0 Å². The molecular formula is C32H49ClN6O3S. The average Bonchev–Trinajstić information content (AvgIpc) is 3.08. The smallest absolute Gasteiger partial charge is 0.276 e. The summed E-state index contributed by atoms with van der Waals surface area (Å²) in [5.41, 5.74) is 1.45. The van der Waals surface area contributed by atoms with Crippen LogP contribution < -0.4 is 10.1 Å². The van der Waals surface area contributed by atoms with E-state index in [1.165, 1.54) is 19.2 Å². The number of hydrogen-bond donors (Lipinski definition) is 1. The fourth-order valence-electron chi connectivity index (χ4n) is 6.38. The van der Waals surface area contributed by atoms with Gasteiger partial charge < -0.3 is 24.6 Å². The summed E-state index contributed by atoms with van der Waals surface area (Å²) in [6, 6.07) is 9.07. The molecule has 43 heavy (non-hydrogen) atoms. The number of carbonyl (C=O) groups is 1. The van der Waals surface area contributed by atoms with E-state index in [1.54, 1.807) is 7.11 Å². The summed E-state index contributed by atoms with van der Waals surface area (Å²) in [5.74, 6) is 0.823. The van der Waals surface area contributed by atoms with E-state index in [9.17, 15) is 4.79 Å². The predicted octanol–water partition coefficient (Wildman–Crippen LogP) is 6.17. The lowest BCUT2D eigenvalue weighted by Crippen LogP contribution is -2.50. The largest absolute Gasteiger partial charge is 0.491 e. The van der Waals surface area contributed by atoms with E-state index in [1.807, 2.05) is 55.0 Å². The molecule has 0 bridgehead atoms. The molecule has 0 unspecified atom stereocenters. The zero-order valence-electron chi connectivity index (χ0n) is 26.4. The number of amides is 1. The van der Waals surface area contributed by atoms with E-state index in [0.29, 0.717) is 35.9 Å². The molecule has 4 heterocycles. The standard InChI is InChI=1S/C30H43ClN6O3S.C2H6/c1-35(41-3)23-11-15-36(16-12-23)24-13-17-37(18-14-24)30(38)27-28(39-2)29(34-20-33-27)32-19-25-5-4-6-26(40-25)21-7-9-22(31)10-8-21;1-2/h7-10,20,23-26H,4-6,11-19H2,1-3H3,(H,32,33,34);1-2H3/t25-,26+;/m1./s1. The molecule has 0 saturated carbocycles. The fraction of sp³-hybridized carbons (Fsp3) is 0.656. The van der Waals surface area contributed by atoms with E-state index in [0.717, 1.165) is 68.9 Å². The molecule has 1 aromatic heterocycles. The Bertz CT molecular complexity index is 1140. The molecule has 1 aromatic carbocycles. The number of rotatable bonds is 9. The third-order valence-corrected chi connectivity index (χ3v) is 9.99. The molecule has 3 aliphatic heterocycles. The van der Waals surface area contributed by atoms with Gasteiger partial charge in [0.25, 0.3) is 5.91 Å². The number of likely N-dealkylation sites (tertiary alicyclic amines) is 2. The van der Waals surface area contributed by atoms with Crippen molar-refractivity contribution in [2.45, 2.75) is 83.1 Å². The van der Waals surface area contributed by atoms with E-state index in [-0.39, 0.29) is 18.1 Å². The van der Waals surface area contributed by atoms with E-state index < -0.39 is 0 Å². The lowest BCUT2D eigenvalue weighted by atomic mass is 9.97. The highest BCUT2D eigenvalue weighted by Crippen LogP contribution is 2.33. The third-order valence-electron chi connectivity index (χ3n) is 8.87. The van der Waals surface area contributed by atoms with Gasteiger partial charge in [-0.15, -0.1) is 0 Å². The maximum absolute atomic E-state index is 13.6. The van der Waals surface area contributed by atoms with Crippen molar-refractivity contribution in [3.8, 4) is 5.75 Å². The summed E-state index contributed by atoms with van der Waals surface area (Å²) in [6.07, 6.45) is 11.1. The molecule has 2 aromatic rings. The number of aromatic nitrogens is 2. The van der Waals surface area contributed by atoms with Crippen molar-refractivity contribution in [2.24, 2.45) is 0 Å². The van der Waals surface area contributed by atoms with Gasteiger partial charge in [-0.1, -0.05) is 49.5 Å². The number of hydrogen-bond acceptors (Lipinski definition) is 9. The van der Waals surface area contributed by atoms with Gasteiger partial charge in [-0.05, 0) is 89.0 Å². The number of nitrogens with zero attached hydrogens (tertiary/aromatic N) is 5.